The van der Waals surface area contributed by atoms with Crippen LogP contribution in [0.25, 0.3) is 11.0 Å². The van der Waals surface area contributed by atoms with Gasteiger partial charge in [0.1, 0.15) is 6.54 Å². The molecule has 1 aromatic carbocycles. The summed E-state index contributed by atoms with van der Waals surface area (Å²) in [6.07, 6.45) is 1.68. The van der Waals surface area contributed by atoms with Crippen LogP contribution in [0.1, 0.15) is 19.3 Å². The normalized spacial score (nSPS) is 21.1. The van der Waals surface area contributed by atoms with E-state index in [9.17, 15) is 14.4 Å². The van der Waals surface area contributed by atoms with Crippen LogP contribution >= 0.6 is 0 Å². The molecule has 2 aromatic rings. The molecule has 22 heavy (non-hydrogen) atoms. The number of para-hydroxylation sites is 2. The van der Waals surface area contributed by atoms with Crippen LogP contribution in [0.2, 0.25) is 0 Å². The van der Waals surface area contributed by atoms with Gasteiger partial charge < -0.3 is 15.4 Å². The van der Waals surface area contributed by atoms with Gasteiger partial charge in [0, 0.05) is 6.04 Å². The lowest BCUT2D eigenvalue weighted by molar-refractivity contribution is -0.141. The number of carboxylic acid groups (broad SMARTS) is 1. The molecule has 0 radical (unpaired) electrons. The van der Waals surface area contributed by atoms with Crippen LogP contribution in [-0.2, 0) is 16.1 Å². The lowest BCUT2D eigenvalue weighted by Crippen LogP contribution is -2.37. The number of fused-ring (bicyclic) bond motifs is 1. The lowest BCUT2D eigenvalue weighted by Gasteiger charge is -2.12. The van der Waals surface area contributed by atoms with Gasteiger partial charge in [-0.2, -0.15) is 0 Å². The second kappa shape index (κ2) is 5.67. The number of nitrogens with zero attached hydrogens (tertiary/aromatic N) is 1. The quantitative estimate of drug-likeness (QED) is 0.773. The molecule has 1 saturated carbocycles. The molecule has 0 unspecified atom stereocenters. The predicted octanol–water partition coefficient (Wildman–Crippen LogP) is 0.699. The van der Waals surface area contributed by atoms with Crippen molar-refractivity contribution in [1.82, 2.24) is 14.9 Å². The zero-order valence-electron chi connectivity index (χ0n) is 11.9. The molecular weight excluding hydrogens is 286 g/mol. The molecule has 1 aliphatic rings. The topological polar surface area (TPSA) is 104 Å². The second-order valence-corrected chi connectivity index (χ2v) is 5.65. The number of rotatable bonds is 4. The number of amides is 1. The lowest BCUT2D eigenvalue weighted by atomic mass is 10.1. The maximum absolute atomic E-state index is 12.1. The monoisotopic (exact) mass is 303 g/mol. The fourth-order valence-electron chi connectivity index (χ4n) is 3.02. The molecule has 7 nitrogen and oxygen atoms in total. The summed E-state index contributed by atoms with van der Waals surface area (Å²) in [7, 11) is 0. The number of imidazole rings is 1. The van der Waals surface area contributed by atoms with Crippen LogP contribution in [0.15, 0.2) is 29.1 Å². The van der Waals surface area contributed by atoms with Gasteiger partial charge in [-0.1, -0.05) is 12.1 Å². The van der Waals surface area contributed by atoms with E-state index in [-0.39, 0.29) is 30.1 Å². The molecule has 116 valence electrons. The van der Waals surface area contributed by atoms with E-state index in [1.54, 1.807) is 18.2 Å². The summed E-state index contributed by atoms with van der Waals surface area (Å²) in [4.78, 5) is 37.6. The molecule has 3 N–H and O–H groups in total. The minimum Gasteiger partial charge on any atom is -0.481 e. The zero-order chi connectivity index (χ0) is 15.7. The van der Waals surface area contributed by atoms with Crippen molar-refractivity contribution in [2.24, 2.45) is 5.92 Å². The predicted molar refractivity (Wildman–Crippen MR) is 79.5 cm³/mol. The van der Waals surface area contributed by atoms with Gasteiger partial charge in [0.05, 0.1) is 17.0 Å². The summed E-state index contributed by atoms with van der Waals surface area (Å²) in [6.45, 7) is -0.0723. The molecule has 2 atom stereocenters. The first kappa shape index (κ1) is 14.4. The SMILES string of the molecule is O=C(Cn1c(=O)[nH]c2ccccc21)N[C@@H]1CC[C@H](C(=O)O)C1. The van der Waals surface area contributed by atoms with Crippen molar-refractivity contribution in [1.29, 1.82) is 0 Å². The number of aromatic amines is 1. The highest BCUT2D eigenvalue weighted by atomic mass is 16.4. The number of benzene rings is 1. The van der Waals surface area contributed by atoms with Crippen molar-refractivity contribution in [3.8, 4) is 0 Å². The van der Waals surface area contributed by atoms with E-state index >= 15 is 0 Å². The number of carbonyl (C=O) groups excluding carboxylic acids is 1. The van der Waals surface area contributed by atoms with Gasteiger partial charge in [-0.25, -0.2) is 4.79 Å². The molecule has 0 bridgehead atoms. The molecule has 0 saturated heterocycles. The van der Waals surface area contributed by atoms with Crippen LogP contribution in [0.5, 0.6) is 0 Å². The molecular formula is C15H17N3O4. The third-order valence-corrected chi connectivity index (χ3v) is 4.13. The van der Waals surface area contributed by atoms with Crippen molar-refractivity contribution in [2.75, 3.05) is 0 Å². The number of aliphatic carboxylic acids is 1. The summed E-state index contributed by atoms with van der Waals surface area (Å²) in [6, 6.07) is 7.04. The van der Waals surface area contributed by atoms with Gasteiger partial charge >= 0.3 is 11.7 Å². The first-order valence-electron chi connectivity index (χ1n) is 7.24. The Morgan fingerprint density at radius 1 is 1.32 bits per heavy atom. The van der Waals surface area contributed by atoms with E-state index in [1.807, 2.05) is 6.07 Å². The molecule has 0 aliphatic heterocycles. The standard InChI is InChI=1S/C15H17N3O4/c19-13(16-10-6-5-9(7-10)14(20)21)8-18-12-4-2-1-3-11(12)17-15(18)22/h1-4,9-10H,5-8H2,(H,16,19)(H,17,22)(H,20,21)/t9-,10+/m0/s1. The molecule has 1 aromatic heterocycles. The van der Waals surface area contributed by atoms with Crippen molar-refractivity contribution in [3.05, 3.63) is 34.7 Å². The zero-order valence-corrected chi connectivity index (χ0v) is 11.9. The van der Waals surface area contributed by atoms with Crippen molar-refractivity contribution >= 4 is 22.9 Å². The number of nitrogens with one attached hydrogen (secondary N) is 2. The van der Waals surface area contributed by atoms with Gasteiger partial charge in [0.2, 0.25) is 5.91 Å². The first-order chi connectivity index (χ1) is 10.5. The largest absolute Gasteiger partial charge is 0.481 e. The molecule has 0 spiro atoms. The maximum Gasteiger partial charge on any atom is 0.326 e. The van der Waals surface area contributed by atoms with E-state index in [4.69, 9.17) is 5.11 Å². The fraction of sp³-hybridized carbons (Fsp3) is 0.400. The van der Waals surface area contributed by atoms with E-state index in [2.05, 4.69) is 10.3 Å². The number of carbonyl (C=O) groups is 2. The highest BCUT2D eigenvalue weighted by Gasteiger charge is 2.30. The average Bonchev–Trinajstić information content (AvgIpc) is 3.05. The highest BCUT2D eigenvalue weighted by Crippen LogP contribution is 2.25. The number of hydrogen-bond donors (Lipinski definition) is 3. The summed E-state index contributed by atoms with van der Waals surface area (Å²) < 4.78 is 1.38. The minimum absolute atomic E-state index is 0.0723. The molecule has 1 heterocycles. The Morgan fingerprint density at radius 2 is 2.09 bits per heavy atom. The number of H-pyrrole nitrogens is 1. The Labute approximate surface area is 125 Å². The Bertz CT molecular complexity index is 776. The minimum atomic E-state index is -0.815. The first-order valence-corrected chi connectivity index (χ1v) is 7.24. The average molecular weight is 303 g/mol. The summed E-state index contributed by atoms with van der Waals surface area (Å²) in [5.74, 6) is -1.48. The number of carboxylic acids is 1. The van der Waals surface area contributed by atoms with Crippen LogP contribution in [0, 0.1) is 5.92 Å². The van der Waals surface area contributed by atoms with E-state index in [1.165, 1.54) is 4.57 Å². The fourth-order valence-corrected chi connectivity index (χ4v) is 3.02. The van der Waals surface area contributed by atoms with Crippen molar-refractivity contribution in [2.45, 2.75) is 31.8 Å². The Kier molecular flexibility index (Phi) is 3.70. The van der Waals surface area contributed by atoms with Crippen LogP contribution in [0.4, 0.5) is 0 Å². The second-order valence-electron chi connectivity index (χ2n) is 5.65. The van der Waals surface area contributed by atoms with Gasteiger partial charge in [-0.05, 0) is 31.4 Å². The Balaban J connectivity index is 1.68. The summed E-state index contributed by atoms with van der Waals surface area (Å²) in [5, 5.41) is 11.8. The van der Waals surface area contributed by atoms with Crippen LogP contribution in [0.3, 0.4) is 0 Å². The molecule has 1 fully saturated rings. The van der Waals surface area contributed by atoms with E-state index in [0.717, 1.165) is 0 Å². The van der Waals surface area contributed by atoms with E-state index < -0.39 is 5.97 Å². The van der Waals surface area contributed by atoms with Gasteiger partial charge in [-0.3, -0.25) is 14.2 Å². The molecule has 7 heteroatoms. The van der Waals surface area contributed by atoms with Crippen LogP contribution < -0.4 is 11.0 Å². The van der Waals surface area contributed by atoms with Gasteiger partial charge in [0.15, 0.2) is 0 Å². The molecule has 3 rings (SSSR count). The van der Waals surface area contributed by atoms with Crippen LogP contribution in [-0.4, -0.2) is 32.6 Å². The third-order valence-electron chi connectivity index (χ3n) is 4.13. The maximum atomic E-state index is 12.1. The van der Waals surface area contributed by atoms with Gasteiger partial charge in [0.25, 0.3) is 0 Å². The Morgan fingerprint density at radius 3 is 2.82 bits per heavy atom. The Hall–Kier alpha value is -2.57. The highest BCUT2D eigenvalue weighted by molar-refractivity contribution is 5.80. The van der Waals surface area contributed by atoms with E-state index in [0.29, 0.717) is 30.3 Å². The molecule has 1 aliphatic carbocycles. The van der Waals surface area contributed by atoms with Gasteiger partial charge in [-0.15, -0.1) is 0 Å². The van der Waals surface area contributed by atoms with Crippen molar-refractivity contribution in [3.63, 3.8) is 0 Å². The number of aromatic nitrogens is 2. The summed E-state index contributed by atoms with van der Waals surface area (Å²) in [5.41, 5.74) is 1.04. The third kappa shape index (κ3) is 2.74. The smallest absolute Gasteiger partial charge is 0.326 e. The van der Waals surface area contributed by atoms with Crippen molar-refractivity contribution < 1.29 is 14.7 Å². The molecule has 1 amide bonds. The number of hydrogen-bond acceptors (Lipinski definition) is 3. The summed E-state index contributed by atoms with van der Waals surface area (Å²) >= 11 is 0.